The number of esters is 3. The number of ether oxygens (including phenoxy) is 5. The topological polar surface area (TPSA) is 179 Å². The van der Waals surface area contributed by atoms with E-state index in [2.05, 4.69) is 0 Å². The number of carbonyl (C=O) groups excluding carboxylic acids is 4. The van der Waals surface area contributed by atoms with Gasteiger partial charge in [-0.3, -0.25) is 24.0 Å². The number of hydrogen-bond acceptors (Lipinski definition) is 11. The molecule has 1 rings (SSSR count). The molecule has 1 amide bonds. The van der Waals surface area contributed by atoms with Gasteiger partial charge in [0.2, 0.25) is 11.8 Å². The zero-order valence-electron chi connectivity index (χ0n) is 18.0. The quantitative estimate of drug-likeness (QED) is 0.289. The van der Waals surface area contributed by atoms with Gasteiger partial charge in [0.1, 0.15) is 12.7 Å². The highest BCUT2D eigenvalue weighted by atomic mass is 16.7. The smallest absolute Gasteiger partial charge is 0.332 e. The number of hydrogen-bond donors (Lipinski definition) is 1. The molecule has 0 aliphatic carbocycles. The van der Waals surface area contributed by atoms with Crippen LogP contribution in [-0.2, 0) is 47.7 Å². The number of amides is 1. The summed E-state index contributed by atoms with van der Waals surface area (Å²) < 4.78 is 25.2. The Morgan fingerprint density at radius 2 is 1.58 bits per heavy atom. The second kappa shape index (κ2) is 12.5. The van der Waals surface area contributed by atoms with Crippen LogP contribution < -0.4 is 0 Å². The van der Waals surface area contributed by atoms with Gasteiger partial charge < -0.3 is 33.7 Å². The molecule has 0 aromatic carbocycles. The Morgan fingerprint density at radius 3 is 1.90 bits per heavy atom. The minimum Gasteiger partial charge on any atom is -0.480 e. The summed E-state index contributed by atoms with van der Waals surface area (Å²) in [6, 6.07) is 1.56. The third-order valence-corrected chi connectivity index (χ3v) is 3.81. The van der Waals surface area contributed by atoms with Gasteiger partial charge in [0.25, 0.3) is 0 Å². The Balaban J connectivity index is 0.00000161. The normalized spacial score (nSPS) is 26.7. The van der Waals surface area contributed by atoms with Gasteiger partial charge in [-0.25, -0.2) is 0 Å². The number of carboxylic acid groups (broad SMARTS) is 1. The largest absolute Gasteiger partial charge is 0.480 e. The van der Waals surface area contributed by atoms with E-state index in [-0.39, 0.29) is 0 Å². The molecule has 0 aromatic heterocycles. The Bertz CT molecular complexity index is 718. The molecule has 0 saturated carbocycles. The van der Waals surface area contributed by atoms with E-state index >= 15 is 0 Å². The number of methoxy groups -OCH3 is 1. The molecule has 5 atom stereocenters. The molecule has 31 heavy (non-hydrogen) atoms. The standard InChI is InChI=1S/C15H19NO10.C3H7NO/c1-7(17)23-5-10-11(24-8(2)18)15(6-16,14(20)21)12(25-9(3)19)13(22-4)26-10;1-4(2)3-5/h10-13H,5H2,1-4H3,(H,20,21);3H,1-2H3/t10-,11-,12+,13+,15+;/m1./s1. The van der Waals surface area contributed by atoms with Crippen LogP contribution in [0.25, 0.3) is 0 Å². The first-order valence-corrected chi connectivity index (χ1v) is 8.79. The molecular weight excluding hydrogens is 420 g/mol. The number of nitriles is 1. The van der Waals surface area contributed by atoms with Crippen molar-refractivity contribution in [2.24, 2.45) is 5.41 Å². The lowest BCUT2D eigenvalue weighted by Gasteiger charge is -2.46. The fourth-order valence-corrected chi connectivity index (χ4v) is 2.58. The van der Waals surface area contributed by atoms with Crippen LogP contribution in [0.15, 0.2) is 0 Å². The first kappa shape index (κ1) is 27.8. The van der Waals surface area contributed by atoms with Crippen molar-refractivity contribution in [3.05, 3.63) is 0 Å². The Hall–Kier alpha value is -3.24. The molecule has 0 aromatic rings. The van der Waals surface area contributed by atoms with E-state index in [9.17, 15) is 34.3 Å². The number of nitrogens with zero attached hydrogens (tertiary/aromatic N) is 2. The molecule has 1 saturated heterocycles. The second-order valence-corrected chi connectivity index (χ2v) is 6.50. The van der Waals surface area contributed by atoms with E-state index in [1.54, 1.807) is 20.2 Å². The summed E-state index contributed by atoms with van der Waals surface area (Å²) in [6.07, 6.45) is -5.57. The summed E-state index contributed by atoms with van der Waals surface area (Å²) in [5.41, 5.74) is -2.55. The van der Waals surface area contributed by atoms with Crippen molar-refractivity contribution in [1.82, 2.24) is 4.90 Å². The van der Waals surface area contributed by atoms with Crippen LogP contribution in [0.1, 0.15) is 20.8 Å². The molecule has 174 valence electrons. The summed E-state index contributed by atoms with van der Waals surface area (Å²) in [5.74, 6) is -4.24. The third kappa shape index (κ3) is 7.50. The highest BCUT2D eigenvalue weighted by molar-refractivity contribution is 5.82. The van der Waals surface area contributed by atoms with E-state index < -0.39 is 60.5 Å². The van der Waals surface area contributed by atoms with Gasteiger partial charge in [-0.1, -0.05) is 0 Å². The summed E-state index contributed by atoms with van der Waals surface area (Å²) >= 11 is 0. The maximum Gasteiger partial charge on any atom is 0.332 e. The Kier molecular flexibility index (Phi) is 11.2. The lowest BCUT2D eigenvalue weighted by atomic mass is 9.73. The predicted molar refractivity (Wildman–Crippen MR) is 98.8 cm³/mol. The van der Waals surface area contributed by atoms with E-state index in [0.717, 1.165) is 34.3 Å². The molecule has 1 heterocycles. The summed E-state index contributed by atoms with van der Waals surface area (Å²) in [4.78, 5) is 56.8. The number of rotatable bonds is 7. The molecule has 1 aliphatic rings. The lowest BCUT2D eigenvalue weighted by Crippen LogP contribution is -2.67. The van der Waals surface area contributed by atoms with Gasteiger partial charge in [-0.05, 0) is 0 Å². The highest BCUT2D eigenvalue weighted by Crippen LogP contribution is 2.41. The SMILES string of the molecule is CN(C)C=O.CO[C@H]1O[C@H](COC(C)=O)[C@@H](OC(C)=O)[C@](C#N)(C(=O)O)[C@H]1OC(C)=O. The molecule has 13 nitrogen and oxygen atoms in total. The minimum atomic E-state index is -2.55. The van der Waals surface area contributed by atoms with Crippen LogP contribution in [-0.4, -0.2) is 92.7 Å². The zero-order chi connectivity index (χ0) is 24.4. The van der Waals surface area contributed by atoms with Gasteiger partial charge in [-0.2, -0.15) is 5.26 Å². The highest BCUT2D eigenvalue weighted by Gasteiger charge is 2.66. The van der Waals surface area contributed by atoms with E-state index in [1.165, 1.54) is 4.90 Å². The number of carboxylic acids is 1. The first-order valence-electron chi connectivity index (χ1n) is 8.79. The van der Waals surface area contributed by atoms with Crippen LogP contribution in [0.4, 0.5) is 0 Å². The molecule has 13 heteroatoms. The summed E-state index contributed by atoms with van der Waals surface area (Å²) in [6.45, 7) is 2.59. The Morgan fingerprint density at radius 1 is 1.10 bits per heavy atom. The van der Waals surface area contributed by atoms with Crippen molar-refractivity contribution < 1.29 is 52.8 Å². The first-order chi connectivity index (χ1) is 14.4. The van der Waals surface area contributed by atoms with Crippen molar-refractivity contribution in [1.29, 1.82) is 5.26 Å². The van der Waals surface area contributed by atoms with Gasteiger partial charge >= 0.3 is 23.9 Å². The molecule has 0 radical (unpaired) electrons. The van der Waals surface area contributed by atoms with Crippen LogP contribution in [0.5, 0.6) is 0 Å². The van der Waals surface area contributed by atoms with E-state index in [0.29, 0.717) is 0 Å². The lowest BCUT2D eigenvalue weighted by molar-refractivity contribution is -0.301. The molecule has 1 N–H and O–H groups in total. The van der Waals surface area contributed by atoms with Gasteiger partial charge in [0, 0.05) is 42.0 Å². The third-order valence-electron chi connectivity index (χ3n) is 3.81. The van der Waals surface area contributed by atoms with Crippen molar-refractivity contribution in [3.63, 3.8) is 0 Å². The monoisotopic (exact) mass is 446 g/mol. The molecule has 0 unspecified atom stereocenters. The molecule has 0 spiro atoms. The molecule has 1 fully saturated rings. The van der Waals surface area contributed by atoms with E-state index in [4.69, 9.17) is 23.7 Å². The number of aliphatic carboxylic acids is 1. The second-order valence-electron chi connectivity index (χ2n) is 6.50. The van der Waals surface area contributed by atoms with Gasteiger partial charge in [-0.15, -0.1) is 0 Å². The summed E-state index contributed by atoms with van der Waals surface area (Å²) in [5, 5.41) is 19.4. The van der Waals surface area contributed by atoms with Crippen LogP contribution in [0, 0.1) is 16.7 Å². The Labute approximate surface area is 178 Å². The predicted octanol–water partition coefficient (Wildman–Crippen LogP) is -0.917. The number of carbonyl (C=O) groups is 5. The van der Waals surface area contributed by atoms with Crippen LogP contribution >= 0.6 is 0 Å². The average molecular weight is 446 g/mol. The zero-order valence-corrected chi connectivity index (χ0v) is 18.0. The van der Waals surface area contributed by atoms with E-state index in [1.807, 2.05) is 0 Å². The molecule has 0 bridgehead atoms. The average Bonchev–Trinajstić information content (AvgIpc) is 2.67. The maximum atomic E-state index is 12.0. The van der Waals surface area contributed by atoms with Crippen molar-refractivity contribution in [2.45, 2.75) is 45.4 Å². The van der Waals surface area contributed by atoms with Gasteiger partial charge in [0.05, 0.1) is 6.07 Å². The fourth-order valence-electron chi connectivity index (χ4n) is 2.58. The van der Waals surface area contributed by atoms with Crippen molar-refractivity contribution in [2.75, 3.05) is 27.8 Å². The van der Waals surface area contributed by atoms with Crippen molar-refractivity contribution in [3.8, 4) is 6.07 Å². The van der Waals surface area contributed by atoms with Crippen LogP contribution in [0.3, 0.4) is 0 Å². The maximum absolute atomic E-state index is 12.0. The molecule has 1 aliphatic heterocycles. The fraction of sp³-hybridized carbons (Fsp3) is 0.667. The van der Waals surface area contributed by atoms with Crippen molar-refractivity contribution >= 4 is 30.3 Å². The van der Waals surface area contributed by atoms with Crippen LogP contribution in [0.2, 0.25) is 0 Å². The van der Waals surface area contributed by atoms with Gasteiger partial charge in [0.15, 0.2) is 18.5 Å². The minimum absolute atomic E-state index is 0.517. The summed E-state index contributed by atoms with van der Waals surface area (Å²) in [7, 11) is 4.51. The molecular formula is C18H26N2O11.